The van der Waals surface area contributed by atoms with Gasteiger partial charge in [-0.15, -0.1) is 12.4 Å². The zero-order valence-corrected chi connectivity index (χ0v) is 8.11. The first kappa shape index (κ1) is 12.6. The van der Waals surface area contributed by atoms with Crippen LogP contribution in [0, 0.1) is 0 Å². The second kappa shape index (κ2) is 4.19. The molecule has 1 saturated heterocycles. The molecule has 0 aromatic rings. The Hall–Kier alpha value is -0.420. The van der Waals surface area contributed by atoms with E-state index in [-0.39, 0.29) is 25.4 Å². The number of carbonyl (C=O) groups is 1. The second-order valence-electron chi connectivity index (χ2n) is 3.15. The van der Waals surface area contributed by atoms with Crippen LogP contribution in [0.3, 0.4) is 0 Å². The van der Waals surface area contributed by atoms with E-state index in [0.29, 0.717) is 0 Å². The summed E-state index contributed by atoms with van der Waals surface area (Å²) in [5.74, 6) is -3.11. The maximum absolute atomic E-state index is 12.6. The predicted molar refractivity (Wildman–Crippen MR) is 47.0 cm³/mol. The molecule has 1 fully saturated rings. The summed E-state index contributed by atoms with van der Waals surface area (Å²) < 4.78 is 25.2. The minimum atomic E-state index is -2.72. The van der Waals surface area contributed by atoms with Crippen LogP contribution in [0.25, 0.3) is 0 Å². The minimum Gasteiger partial charge on any atom is -0.335 e. The average molecular weight is 215 g/mol. The van der Waals surface area contributed by atoms with Gasteiger partial charge in [-0.05, 0) is 6.92 Å². The van der Waals surface area contributed by atoms with Crippen LogP contribution in [0.5, 0.6) is 0 Å². The lowest BCUT2D eigenvalue weighted by atomic mass is 10.3. The highest BCUT2D eigenvalue weighted by atomic mass is 35.5. The first-order valence-electron chi connectivity index (χ1n) is 3.84. The van der Waals surface area contributed by atoms with E-state index in [1.165, 1.54) is 6.92 Å². The molecule has 1 heterocycles. The molecule has 0 spiro atoms. The SMILES string of the molecule is C[C@@H](N)C(=O)N1CCC(F)(F)C1.Cl. The third-order valence-electron chi connectivity index (χ3n) is 1.87. The Labute approximate surface area is 81.7 Å². The van der Waals surface area contributed by atoms with Gasteiger partial charge < -0.3 is 10.6 Å². The number of hydrogen-bond acceptors (Lipinski definition) is 2. The molecule has 0 bridgehead atoms. The summed E-state index contributed by atoms with van der Waals surface area (Å²) >= 11 is 0. The number of nitrogens with two attached hydrogens (primary N) is 1. The Bertz CT molecular complexity index is 199. The van der Waals surface area contributed by atoms with Crippen LogP contribution >= 0.6 is 12.4 Å². The second-order valence-corrected chi connectivity index (χ2v) is 3.15. The van der Waals surface area contributed by atoms with Crippen molar-refractivity contribution >= 4 is 18.3 Å². The molecule has 0 aromatic heterocycles. The van der Waals surface area contributed by atoms with Gasteiger partial charge in [0.05, 0.1) is 12.6 Å². The van der Waals surface area contributed by atoms with Crippen LogP contribution in [0.1, 0.15) is 13.3 Å². The highest BCUT2D eigenvalue weighted by molar-refractivity contribution is 5.85. The van der Waals surface area contributed by atoms with Gasteiger partial charge in [0.2, 0.25) is 5.91 Å². The Balaban J connectivity index is 0.00000144. The normalized spacial score (nSPS) is 22.3. The van der Waals surface area contributed by atoms with Crippen molar-refractivity contribution in [1.82, 2.24) is 4.90 Å². The molecule has 0 saturated carbocycles. The van der Waals surface area contributed by atoms with Crippen molar-refractivity contribution in [3.63, 3.8) is 0 Å². The van der Waals surface area contributed by atoms with E-state index in [1.807, 2.05) is 0 Å². The number of alkyl halides is 2. The quantitative estimate of drug-likeness (QED) is 0.696. The molecule has 13 heavy (non-hydrogen) atoms. The smallest absolute Gasteiger partial charge is 0.267 e. The van der Waals surface area contributed by atoms with Crippen molar-refractivity contribution in [2.24, 2.45) is 5.73 Å². The van der Waals surface area contributed by atoms with Crippen molar-refractivity contribution in [2.75, 3.05) is 13.1 Å². The van der Waals surface area contributed by atoms with Crippen molar-refractivity contribution in [1.29, 1.82) is 0 Å². The number of nitrogens with zero attached hydrogens (tertiary/aromatic N) is 1. The van der Waals surface area contributed by atoms with Crippen molar-refractivity contribution in [2.45, 2.75) is 25.3 Å². The van der Waals surface area contributed by atoms with Gasteiger partial charge in [-0.3, -0.25) is 4.79 Å². The number of halogens is 3. The summed E-state index contributed by atoms with van der Waals surface area (Å²) in [6, 6.07) is -0.682. The summed E-state index contributed by atoms with van der Waals surface area (Å²) in [7, 11) is 0. The third kappa shape index (κ3) is 3.08. The fraction of sp³-hybridized carbons (Fsp3) is 0.857. The largest absolute Gasteiger partial charge is 0.335 e. The molecule has 1 rings (SSSR count). The number of likely N-dealkylation sites (tertiary alicyclic amines) is 1. The number of amides is 1. The molecule has 6 heteroatoms. The summed E-state index contributed by atoms with van der Waals surface area (Å²) in [4.78, 5) is 12.2. The van der Waals surface area contributed by atoms with Gasteiger partial charge in [0.1, 0.15) is 0 Å². The lowest BCUT2D eigenvalue weighted by Gasteiger charge is -2.17. The first-order valence-corrected chi connectivity index (χ1v) is 3.84. The van der Waals surface area contributed by atoms with Gasteiger partial charge in [0.25, 0.3) is 5.92 Å². The maximum Gasteiger partial charge on any atom is 0.267 e. The molecule has 0 aromatic carbocycles. The number of rotatable bonds is 1. The minimum absolute atomic E-state index is 0. The molecule has 1 aliphatic heterocycles. The van der Waals surface area contributed by atoms with Crippen LogP contribution < -0.4 is 5.73 Å². The van der Waals surface area contributed by atoms with E-state index >= 15 is 0 Å². The van der Waals surface area contributed by atoms with Gasteiger partial charge in [0.15, 0.2) is 0 Å². The summed E-state index contributed by atoms with van der Waals surface area (Å²) in [6.45, 7) is 1.14. The van der Waals surface area contributed by atoms with E-state index in [9.17, 15) is 13.6 Å². The fourth-order valence-corrected chi connectivity index (χ4v) is 1.21. The maximum atomic E-state index is 12.6. The van der Waals surface area contributed by atoms with Crippen LogP contribution in [0.15, 0.2) is 0 Å². The zero-order chi connectivity index (χ0) is 9.35. The van der Waals surface area contributed by atoms with Crippen molar-refractivity contribution in [3.05, 3.63) is 0 Å². The standard InChI is InChI=1S/C7H12F2N2O.ClH/c1-5(10)6(12)11-3-2-7(8,9)4-11;/h5H,2-4,10H2,1H3;1H/t5-;/m1./s1. The van der Waals surface area contributed by atoms with Crippen LogP contribution in [0.4, 0.5) is 8.78 Å². The summed E-state index contributed by atoms with van der Waals surface area (Å²) in [5, 5.41) is 0. The van der Waals surface area contributed by atoms with E-state index in [2.05, 4.69) is 0 Å². The molecule has 1 amide bonds. The number of carbonyl (C=O) groups excluding carboxylic acids is 1. The molecule has 0 unspecified atom stereocenters. The molecule has 2 N–H and O–H groups in total. The lowest BCUT2D eigenvalue weighted by molar-refractivity contribution is -0.132. The van der Waals surface area contributed by atoms with E-state index in [0.717, 1.165) is 4.90 Å². The highest BCUT2D eigenvalue weighted by Gasteiger charge is 2.40. The molecule has 1 aliphatic rings. The Morgan fingerprint density at radius 1 is 1.62 bits per heavy atom. The van der Waals surface area contributed by atoms with Crippen LogP contribution in [-0.4, -0.2) is 35.9 Å². The fourth-order valence-electron chi connectivity index (χ4n) is 1.21. The molecule has 0 aliphatic carbocycles. The van der Waals surface area contributed by atoms with Crippen molar-refractivity contribution < 1.29 is 13.6 Å². The summed E-state index contributed by atoms with van der Waals surface area (Å²) in [6.07, 6.45) is -0.245. The van der Waals surface area contributed by atoms with E-state index in [4.69, 9.17) is 5.73 Å². The van der Waals surface area contributed by atoms with Crippen molar-refractivity contribution in [3.8, 4) is 0 Å². The highest BCUT2D eigenvalue weighted by Crippen LogP contribution is 2.26. The first-order chi connectivity index (χ1) is 5.42. The Morgan fingerprint density at radius 3 is 2.46 bits per heavy atom. The van der Waals surface area contributed by atoms with Gasteiger partial charge in [-0.1, -0.05) is 0 Å². The van der Waals surface area contributed by atoms with Crippen LogP contribution in [0.2, 0.25) is 0 Å². The zero-order valence-electron chi connectivity index (χ0n) is 7.30. The average Bonchev–Trinajstić information content (AvgIpc) is 2.28. The molecular weight excluding hydrogens is 202 g/mol. The summed E-state index contributed by atoms with van der Waals surface area (Å²) in [5.41, 5.74) is 5.27. The molecule has 78 valence electrons. The number of hydrogen-bond donors (Lipinski definition) is 1. The molecule has 0 radical (unpaired) electrons. The Morgan fingerprint density at radius 2 is 2.15 bits per heavy atom. The molecule has 1 atom stereocenters. The van der Waals surface area contributed by atoms with E-state index < -0.39 is 24.4 Å². The predicted octanol–water partition coefficient (Wildman–Crippen LogP) is 0.623. The Kier molecular flexibility index (Phi) is 4.06. The van der Waals surface area contributed by atoms with E-state index in [1.54, 1.807) is 0 Å². The van der Waals surface area contributed by atoms with Gasteiger partial charge in [-0.25, -0.2) is 8.78 Å². The molecular formula is C7H13ClF2N2O. The lowest BCUT2D eigenvalue weighted by Crippen LogP contribution is -2.41. The monoisotopic (exact) mass is 214 g/mol. The van der Waals surface area contributed by atoms with Gasteiger partial charge in [-0.2, -0.15) is 0 Å². The van der Waals surface area contributed by atoms with Crippen LogP contribution in [-0.2, 0) is 4.79 Å². The van der Waals surface area contributed by atoms with Gasteiger partial charge >= 0.3 is 0 Å². The molecule has 3 nitrogen and oxygen atoms in total. The third-order valence-corrected chi connectivity index (χ3v) is 1.87. The van der Waals surface area contributed by atoms with Gasteiger partial charge in [0, 0.05) is 13.0 Å². The topological polar surface area (TPSA) is 46.3 Å².